The molecular formula is C33H42FNO4. The molecule has 1 saturated heterocycles. The molecule has 1 heterocycles. The summed E-state index contributed by atoms with van der Waals surface area (Å²) in [5, 5.41) is 3.00. The van der Waals surface area contributed by atoms with Crippen molar-refractivity contribution in [1.82, 2.24) is 5.32 Å². The summed E-state index contributed by atoms with van der Waals surface area (Å²) in [4.78, 5) is 24.9. The summed E-state index contributed by atoms with van der Waals surface area (Å²) in [6.45, 7) is 8.66. The van der Waals surface area contributed by atoms with Crippen LogP contribution in [-0.4, -0.2) is 30.8 Å². The van der Waals surface area contributed by atoms with Gasteiger partial charge in [0.15, 0.2) is 0 Å². The Bertz CT molecular complexity index is 1170. The second kappa shape index (κ2) is 11.7. The average Bonchev–Trinajstić information content (AvgIpc) is 3.49. The first-order chi connectivity index (χ1) is 18.8. The number of hydrogen-bond acceptors (Lipinski definition) is 4. The molecule has 1 aromatic rings. The van der Waals surface area contributed by atoms with Gasteiger partial charge in [0.2, 0.25) is 0 Å². The van der Waals surface area contributed by atoms with E-state index in [0.29, 0.717) is 30.3 Å². The second-order valence-corrected chi connectivity index (χ2v) is 12.1. The third-order valence-electron chi connectivity index (χ3n) is 9.51. The number of fused-ring (bicyclic) bond motifs is 1. The molecule has 39 heavy (non-hydrogen) atoms. The van der Waals surface area contributed by atoms with Crippen molar-refractivity contribution in [1.29, 1.82) is 0 Å². The molecule has 2 saturated carbocycles. The highest BCUT2D eigenvalue weighted by molar-refractivity contribution is 5.76. The highest BCUT2D eigenvalue weighted by atomic mass is 19.1. The van der Waals surface area contributed by atoms with E-state index in [9.17, 15) is 14.0 Å². The maximum Gasteiger partial charge on any atom is 0.407 e. The first-order valence-electron chi connectivity index (χ1n) is 14.8. The Kier molecular flexibility index (Phi) is 8.29. The van der Waals surface area contributed by atoms with Gasteiger partial charge in [-0.15, -0.1) is 0 Å². The van der Waals surface area contributed by atoms with Gasteiger partial charge < -0.3 is 14.8 Å². The predicted octanol–water partition coefficient (Wildman–Crippen LogP) is 7.10. The average molecular weight is 536 g/mol. The monoisotopic (exact) mass is 535 g/mol. The lowest BCUT2D eigenvalue weighted by molar-refractivity contribution is -0.144. The number of allylic oxidation sites excluding steroid dienone is 6. The normalized spacial score (nSPS) is 34.5. The molecule has 3 aliphatic carbocycles. The topological polar surface area (TPSA) is 64.6 Å². The van der Waals surface area contributed by atoms with Gasteiger partial charge in [0, 0.05) is 12.0 Å². The van der Waals surface area contributed by atoms with E-state index in [0.717, 1.165) is 37.7 Å². The lowest BCUT2D eigenvalue weighted by Crippen LogP contribution is -2.39. The number of esters is 1. The number of carbonyl (C=O) groups excluding carboxylic acids is 2. The minimum Gasteiger partial charge on any atom is -0.462 e. The van der Waals surface area contributed by atoms with Gasteiger partial charge >= 0.3 is 12.1 Å². The number of benzene rings is 1. The molecule has 210 valence electrons. The van der Waals surface area contributed by atoms with Crippen molar-refractivity contribution in [2.75, 3.05) is 6.61 Å². The fourth-order valence-corrected chi connectivity index (χ4v) is 7.59. The first-order valence-corrected chi connectivity index (χ1v) is 14.8. The summed E-state index contributed by atoms with van der Waals surface area (Å²) in [5.41, 5.74) is 3.51. The molecule has 4 aliphatic rings. The molecule has 1 amide bonds. The summed E-state index contributed by atoms with van der Waals surface area (Å²) in [6.07, 6.45) is 13.1. The van der Waals surface area contributed by atoms with Crippen LogP contribution in [0.25, 0.3) is 5.57 Å². The Morgan fingerprint density at radius 1 is 1.23 bits per heavy atom. The number of amides is 1. The molecule has 1 aromatic carbocycles. The van der Waals surface area contributed by atoms with Crippen molar-refractivity contribution < 1.29 is 23.5 Å². The number of nitrogens with one attached hydrogen (secondary N) is 1. The Balaban J connectivity index is 1.25. The van der Waals surface area contributed by atoms with Gasteiger partial charge in [-0.2, -0.15) is 0 Å². The van der Waals surface area contributed by atoms with E-state index < -0.39 is 0 Å². The first kappa shape index (κ1) is 27.7. The van der Waals surface area contributed by atoms with Crippen LogP contribution in [0.15, 0.2) is 54.1 Å². The van der Waals surface area contributed by atoms with E-state index in [1.807, 2.05) is 13.0 Å². The van der Waals surface area contributed by atoms with Crippen molar-refractivity contribution in [2.45, 2.75) is 71.9 Å². The molecule has 9 atom stereocenters. The quantitative estimate of drug-likeness (QED) is 0.361. The summed E-state index contributed by atoms with van der Waals surface area (Å²) < 4.78 is 24.7. The summed E-state index contributed by atoms with van der Waals surface area (Å²) >= 11 is 0. The molecule has 0 radical (unpaired) electrons. The molecule has 5 nitrogen and oxygen atoms in total. The molecule has 3 unspecified atom stereocenters. The molecule has 0 aromatic heterocycles. The SMILES string of the molecule is CCOC(=O)N[C@@H]1CCC[C@H](C[C@H]2C(=O)O[C@H](C)[C@H]2[C@H](C)/C=C/C2=CC=C(c3cccc(F)c3)C3C(C)C23)C1. The van der Waals surface area contributed by atoms with Crippen LogP contribution in [0.2, 0.25) is 0 Å². The standard InChI is InChI=1S/C33H42FNO4/c1-5-38-33(37)35-26-11-6-8-22(16-26)17-28-29(21(4)39-32(28)36)19(2)12-13-23-14-15-27(31-20(3)30(23)31)24-9-7-10-25(34)18-24/h7,9-10,12-15,18-22,26,28-31H,5-6,8,11,16-17H2,1-4H3,(H,35,37)/b13-12+/t19-,20?,21-,22+,26-,28-,29-,30?,31?/m1/s1. The number of alkyl carbamates (subject to hydrolysis) is 1. The molecule has 0 bridgehead atoms. The number of hydrogen-bond donors (Lipinski definition) is 1. The van der Waals surface area contributed by atoms with Crippen LogP contribution in [0.1, 0.15) is 65.4 Å². The van der Waals surface area contributed by atoms with Gasteiger partial charge in [0.05, 0.1) is 12.5 Å². The summed E-state index contributed by atoms with van der Waals surface area (Å²) in [7, 11) is 0. The number of rotatable bonds is 8. The second-order valence-electron chi connectivity index (χ2n) is 12.1. The van der Waals surface area contributed by atoms with Gasteiger partial charge in [0.1, 0.15) is 11.9 Å². The maximum atomic E-state index is 13.8. The van der Waals surface area contributed by atoms with Crippen molar-refractivity contribution in [3.63, 3.8) is 0 Å². The van der Waals surface area contributed by atoms with Crippen LogP contribution in [0.5, 0.6) is 0 Å². The molecule has 3 fully saturated rings. The fourth-order valence-electron chi connectivity index (χ4n) is 7.59. The number of cyclic esters (lactones) is 1. The van der Waals surface area contributed by atoms with Crippen molar-refractivity contribution >= 4 is 17.6 Å². The maximum absolute atomic E-state index is 13.8. The third kappa shape index (κ3) is 6.00. The van der Waals surface area contributed by atoms with Crippen molar-refractivity contribution in [3.8, 4) is 0 Å². The van der Waals surface area contributed by atoms with Crippen LogP contribution in [0.4, 0.5) is 9.18 Å². The van der Waals surface area contributed by atoms with Crippen LogP contribution in [0, 0.1) is 47.2 Å². The Labute approximate surface area is 231 Å². The molecule has 6 heteroatoms. The minimum absolute atomic E-state index is 0.0799. The lowest BCUT2D eigenvalue weighted by atomic mass is 9.73. The fraction of sp³-hybridized carbons (Fsp3) is 0.576. The highest BCUT2D eigenvalue weighted by Crippen LogP contribution is 2.59. The summed E-state index contributed by atoms with van der Waals surface area (Å²) in [5.74, 6) is 1.71. The molecule has 1 N–H and O–H groups in total. The zero-order chi connectivity index (χ0) is 27.7. The van der Waals surface area contributed by atoms with E-state index in [1.54, 1.807) is 19.1 Å². The van der Waals surface area contributed by atoms with Crippen molar-refractivity contribution in [2.24, 2.45) is 41.4 Å². The van der Waals surface area contributed by atoms with Crippen LogP contribution in [-0.2, 0) is 14.3 Å². The van der Waals surface area contributed by atoms with E-state index in [-0.39, 0.29) is 47.8 Å². The largest absolute Gasteiger partial charge is 0.462 e. The van der Waals surface area contributed by atoms with E-state index in [2.05, 4.69) is 43.5 Å². The molecule has 5 rings (SSSR count). The zero-order valence-electron chi connectivity index (χ0n) is 23.6. The molecule has 0 spiro atoms. The smallest absolute Gasteiger partial charge is 0.407 e. The Morgan fingerprint density at radius 2 is 2.05 bits per heavy atom. The molecular weight excluding hydrogens is 493 g/mol. The third-order valence-corrected chi connectivity index (χ3v) is 9.51. The molecule has 1 aliphatic heterocycles. The lowest BCUT2D eigenvalue weighted by Gasteiger charge is -2.32. The van der Waals surface area contributed by atoms with E-state index in [4.69, 9.17) is 9.47 Å². The minimum atomic E-state index is -0.351. The van der Waals surface area contributed by atoms with Crippen LogP contribution in [0.3, 0.4) is 0 Å². The number of halogens is 1. The number of carbonyl (C=O) groups is 2. The van der Waals surface area contributed by atoms with Gasteiger partial charge in [0.25, 0.3) is 0 Å². The van der Waals surface area contributed by atoms with E-state index in [1.165, 1.54) is 17.2 Å². The zero-order valence-corrected chi connectivity index (χ0v) is 23.6. The van der Waals surface area contributed by atoms with Gasteiger partial charge in [-0.25, -0.2) is 9.18 Å². The predicted molar refractivity (Wildman–Crippen MR) is 150 cm³/mol. The van der Waals surface area contributed by atoms with Crippen LogP contribution >= 0.6 is 0 Å². The van der Waals surface area contributed by atoms with Crippen molar-refractivity contribution in [3.05, 3.63) is 65.5 Å². The van der Waals surface area contributed by atoms with Crippen LogP contribution < -0.4 is 5.32 Å². The van der Waals surface area contributed by atoms with Gasteiger partial charge in [-0.3, -0.25) is 4.79 Å². The summed E-state index contributed by atoms with van der Waals surface area (Å²) in [6, 6.07) is 7.00. The Morgan fingerprint density at radius 3 is 2.82 bits per heavy atom. The highest BCUT2D eigenvalue weighted by Gasteiger charge is 2.51. The van der Waals surface area contributed by atoms with Gasteiger partial charge in [-0.05, 0) is 91.5 Å². The van der Waals surface area contributed by atoms with Gasteiger partial charge in [-0.1, -0.05) is 63.1 Å². The van der Waals surface area contributed by atoms with E-state index >= 15 is 0 Å². The Hall–Kier alpha value is -2.89. The number of ether oxygens (including phenoxy) is 2.